The van der Waals surface area contributed by atoms with Gasteiger partial charge in [0.1, 0.15) is 0 Å². The molecule has 0 aromatic heterocycles. The standard InChI is InChI=1S/C16H11N3O6/c1-9-12(6-10(18(21)22)7-14(9)19(23)24)16-17-13-5-3-2-4-11(13)15(8-20)25-16/h2-8,15H,1H3. The van der Waals surface area contributed by atoms with Crippen molar-refractivity contribution in [3.8, 4) is 0 Å². The first-order valence-corrected chi connectivity index (χ1v) is 7.15. The summed E-state index contributed by atoms with van der Waals surface area (Å²) in [5.74, 6) is -0.0694. The van der Waals surface area contributed by atoms with E-state index in [1.54, 1.807) is 24.3 Å². The van der Waals surface area contributed by atoms with Crippen molar-refractivity contribution >= 4 is 29.2 Å². The van der Waals surface area contributed by atoms with E-state index >= 15 is 0 Å². The van der Waals surface area contributed by atoms with Crippen LogP contribution in [0.25, 0.3) is 0 Å². The number of carbonyl (C=O) groups is 1. The fourth-order valence-corrected chi connectivity index (χ4v) is 2.58. The van der Waals surface area contributed by atoms with Gasteiger partial charge in [0.2, 0.25) is 5.90 Å². The molecule has 0 N–H and O–H groups in total. The summed E-state index contributed by atoms with van der Waals surface area (Å²) in [5, 5.41) is 22.3. The van der Waals surface area contributed by atoms with Crippen LogP contribution in [0.2, 0.25) is 0 Å². The van der Waals surface area contributed by atoms with Gasteiger partial charge in [0.25, 0.3) is 11.4 Å². The number of ether oxygens (including phenoxy) is 1. The number of aldehydes is 1. The Morgan fingerprint density at radius 3 is 2.52 bits per heavy atom. The summed E-state index contributed by atoms with van der Waals surface area (Å²) in [6.07, 6.45) is -0.365. The summed E-state index contributed by atoms with van der Waals surface area (Å²) < 4.78 is 5.54. The van der Waals surface area contributed by atoms with Crippen molar-refractivity contribution < 1.29 is 19.4 Å². The van der Waals surface area contributed by atoms with Gasteiger partial charge in [-0.15, -0.1) is 0 Å². The third-order valence-corrected chi connectivity index (χ3v) is 3.83. The van der Waals surface area contributed by atoms with E-state index in [9.17, 15) is 25.0 Å². The number of nitro groups is 2. The minimum Gasteiger partial charge on any atom is -0.461 e. The molecule has 0 saturated heterocycles. The highest BCUT2D eigenvalue weighted by Gasteiger charge is 2.29. The summed E-state index contributed by atoms with van der Waals surface area (Å²) in [6, 6.07) is 8.82. The van der Waals surface area contributed by atoms with Gasteiger partial charge in [0, 0.05) is 17.2 Å². The molecule has 9 nitrogen and oxygen atoms in total. The van der Waals surface area contributed by atoms with Crippen LogP contribution in [0.5, 0.6) is 0 Å². The van der Waals surface area contributed by atoms with E-state index in [0.29, 0.717) is 17.5 Å². The monoisotopic (exact) mass is 341 g/mol. The Balaban J connectivity index is 2.23. The number of hydrogen-bond donors (Lipinski definition) is 0. The van der Waals surface area contributed by atoms with Crippen LogP contribution < -0.4 is 0 Å². The molecule has 2 aromatic carbocycles. The molecule has 3 rings (SSSR count). The van der Waals surface area contributed by atoms with Crippen molar-refractivity contribution in [1.29, 1.82) is 0 Å². The lowest BCUT2D eigenvalue weighted by atomic mass is 10.0. The summed E-state index contributed by atoms with van der Waals surface area (Å²) in [4.78, 5) is 36.4. The Kier molecular flexibility index (Phi) is 3.97. The zero-order valence-electron chi connectivity index (χ0n) is 12.9. The molecule has 0 amide bonds. The van der Waals surface area contributed by atoms with Crippen LogP contribution in [0.4, 0.5) is 17.1 Å². The van der Waals surface area contributed by atoms with Gasteiger partial charge in [-0.05, 0) is 13.0 Å². The normalized spacial score (nSPS) is 15.6. The predicted octanol–water partition coefficient (Wildman–Crippen LogP) is 3.16. The molecule has 0 radical (unpaired) electrons. The Morgan fingerprint density at radius 1 is 1.16 bits per heavy atom. The zero-order chi connectivity index (χ0) is 18.1. The quantitative estimate of drug-likeness (QED) is 0.478. The molecule has 25 heavy (non-hydrogen) atoms. The number of nitro benzene ring substituents is 2. The molecule has 126 valence electrons. The molecule has 0 fully saturated rings. The second-order valence-electron chi connectivity index (χ2n) is 5.30. The second kappa shape index (κ2) is 6.11. The number of carbonyl (C=O) groups excluding carboxylic acids is 1. The minimum absolute atomic E-state index is 0.0694. The lowest BCUT2D eigenvalue weighted by molar-refractivity contribution is -0.394. The Hall–Kier alpha value is -3.62. The Morgan fingerprint density at radius 2 is 1.88 bits per heavy atom. The topological polar surface area (TPSA) is 125 Å². The van der Waals surface area contributed by atoms with Gasteiger partial charge in [-0.1, -0.05) is 18.2 Å². The third kappa shape index (κ3) is 2.82. The number of aliphatic imine (C=N–C) groups is 1. The zero-order valence-corrected chi connectivity index (χ0v) is 12.9. The molecule has 1 heterocycles. The first kappa shape index (κ1) is 16.2. The molecule has 2 aromatic rings. The summed E-state index contributed by atoms with van der Waals surface area (Å²) in [7, 11) is 0. The van der Waals surface area contributed by atoms with Crippen LogP contribution in [-0.2, 0) is 9.53 Å². The Labute approximate surface area is 140 Å². The molecular weight excluding hydrogens is 330 g/mol. The number of nitrogens with zero attached hydrogens (tertiary/aromatic N) is 3. The largest absolute Gasteiger partial charge is 0.461 e. The van der Waals surface area contributed by atoms with Crippen LogP contribution in [0, 0.1) is 27.2 Å². The highest BCUT2D eigenvalue weighted by molar-refractivity contribution is 6.01. The molecule has 1 unspecified atom stereocenters. The number of rotatable bonds is 4. The second-order valence-corrected chi connectivity index (χ2v) is 5.30. The van der Waals surface area contributed by atoms with Gasteiger partial charge in [-0.25, -0.2) is 4.99 Å². The van der Waals surface area contributed by atoms with Gasteiger partial charge >= 0.3 is 0 Å². The summed E-state index contributed by atoms with van der Waals surface area (Å²) in [6.45, 7) is 1.44. The molecule has 1 aliphatic heterocycles. The molecule has 0 saturated carbocycles. The maximum absolute atomic E-state index is 11.3. The van der Waals surface area contributed by atoms with Gasteiger partial charge in [-0.2, -0.15) is 0 Å². The smallest absolute Gasteiger partial charge is 0.279 e. The minimum atomic E-state index is -0.943. The fraction of sp³-hybridized carbons (Fsp3) is 0.125. The highest BCUT2D eigenvalue weighted by atomic mass is 16.6. The molecule has 1 atom stereocenters. The van der Waals surface area contributed by atoms with Crippen LogP contribution >= 0.6 is 0 Å². The van der Waals surface area contributed by atoms with Crippen molar-refractivity contribution in [1.82, 2.24) is 0 Å². The van der Waals surface area contributed by atoms with Crippen molar-refractivity contribution in [2.24, 2.45) is 4.99 Å². The fourth-order valence-electron chi connectivity index (χ4n) is 2.58. The van der Waals surface area contributed by atoms with Gasteiger partial charge in [0.15, 0.2) is 12.4 Å². The predicted molar refractivity (Wildman–Crippen MR) is 87.0 cm³/mol. The molecule has 9 heteroatoms. The number of hydrogen-bond acceptors (Lipinski definition) is 7. The van der Waals surface area contributed by atoms with E-state index in [2.05, 4.69) is 4.99 Å². The molecular formula is C16H11N3O6. The first-order valence-electron chi connectivity index (χ1n) is 7.15. The van der Waals surface area contributed by atoms with Gasteiger partial charge in [-0.3, -0.25) is 25.0 Å². The number of fused-ring (bicyclic) bond motifs is 1. The van der Waals surface area contributed by atoms with E-state index < -0.39 is 27.3 Å². The van der Waals surface area contributed by atoms with Crippen molar-refractivity contribution in [2.45, 2.75) is 13.0 Å². The maximum Gasteiger partial charge on any atom is 0.279 e. The lowest BCUT2D eigenvalue weighted by Crippen LogP contribution is -2.19. The van der Waals surface area contributed by atoms with Crippen molar-refractivity contribution in [3.63, 3.8) is 0 Å². The van der Waals surface area contributed by atoms with E-state index in [4.69, 9.17) is 4.74 Å². The van der Waals surface area contributed by atoms with Crippen molar-refractivity contribution in [3.05, 3.63) is 73.3 Å². The summed E-state index contributed by atoms with van der Waals surface area (Å²) >= 11 is 0. The average molecular weight is 341 g/mol. The van der Waals surface area contributed by atoms with E-state index in [1.165, 1.54) is 6.92 Å². The van der Waals surface area contributed by atoms with Crippen LogP contribution in [0.1, 0.15) is 22.8 Å². The van der Waals surface area contributed by atoms with Crippen molar-refractivity contribution in [2.75, 3.05) is 0 Å². The SMILES string of the molecule is Cc1c(C2=Nc3ccccc3C(C=O)O2)cc([N+](=O)[O-])cc1[N+](=O)[O-]. The average Bonchev–Trinajstić information content (AvgIpc) is 2.60. The maximum atomic E-state index is 11.3. The van der Waals surface area contributed by atoms with Crippen LogP contribution in [0.3, 0.4) is 0 Å². The van der Waals surface area contributed by atoms with E-state index in [-0.39, 0.29) is 17.0 Å². The van der Waals surface area contributed by atoms with E-state index in [0.717, 1.165) is 12.1 Å². The molecule has 0 spiro atoms. The molecule has 0 bridgehead atoms. The number of benzene rings is 2. The molecule has 1 aliphatic rings. The summed E-state index contributed by atoms with van der Waals surface area (Å²) in [5.41, 5.74) is 0.408. The molecule has 0 aliphatic carbocycles. The van der Waals surface area contributed by atoms with Gasteiger partial charge < -0.3 is 4.74 Å². The first-order chi connectivity index (χ1) is 11.9. The highest BCUT2D eigenvalue weighted by Crippen LogP contribution is 2.36. The number of non-ortho nitro benzene ring substituents is 1. The number of para-hydroxylation sites is 1. The third-order valence-electron chi connectivity index (χ3n) is 3.83. The van der Waals surface area contributed by atoms with Gasteiger partial charge in [0.05, 0.1) is 27.2 Å². The lowest BCUT2D eigenvalue weighted by Gasteiger charge is -2.22. The Bertz CT molecular complexity index is 937. The van der Waals surface area contributed by atoms with Crippen LogP contribution in [0.15, 0.2) is 41.4 Å². The van der Waals surface area contributed by atoms with Crippen LogP contribution in [-0.4, -0.2) is 22.0 Å². The van der Waals surface area contributed by atoms with E-state index in [1.807, 2.05) is 0 Å².